The van der Waals surface area contributed by atoms with Crippen molar-refractivity contribution < 1.29 is 19.1 Å². The van der Waals surface area contributed by atoms with Crippen LogP contribution in [0.2, 0.25) is 0 Å². The maximum atomic E-state index is 12.0. The summed E-state index contributed by atoms with van der Waals surface area (Å²) < 4.78 is 11.4. The fourth-order valence-electron chi connectivity index (χ4n) is 2.93. The van der Waals surface area contributed by atoms with Crippen LogP contribution in [-0.4, -0.2) is 38.1 Å². The summed E-state index contributed by atoms with van der Waals surface area (Å²) in [5, 5.41) is 5.74. The number of benzene rings is 1. The standard InChI is InChI=1S/C24H40N2O4/c1-4-7-10-13-25-23(27)18-29-21-15-20(12-9-6-3)16-22(17-21)30-19-24(28)26-14-11-8-5-2/h15-17H,4-14,18-19H2,1-3H3,(H,25,27)(H,26,28). The molecule has 0 atom stereocenters. The van der Waals surface area contributed by atoms with Gasteiger partial charge in [0.05, 0.1) is 0 Å². The van der Waals surface area contributed by atoms with Crippen LogP contribution in [0.15, 0.2) is 18.2 Å². The van der Waals surface area contributed by atoms with E-state index in [1.165, 1.54) is 0 Å². The molecule has 1 rings (SSSR count). The summed E-state index contributed by atoms with van der Waals surface area (Å²) in [6.45, 7) is 7.70. The van der Waals surface area contributed by atoms with E-state index < -0.39 is 0 Å². The van der Waals surface area contributed by atoms with Crippen LogP contribution >= 0.6 is 0 Å². The summed E-state index contributed by atoms with van der Waals surface area (Å²) in [4.78, 5) is 23.9. The lowest BCUT2D eigenvalue weighted by Gasteiger charge is -2.13. The molecule has 2 N–H and O–H groups in total. The lowest BCUT2D eigenvalue weighted by Crippen LogP contribution is -2.30. The summed E-state index contributed by atoms with van der Waals surface area (Å²) in [6, 6.07) is 5.62. The Bertz CT molecular complexity index is 573. The van der Waals surface area contributed by atoms with Crippen molar-refractivity contribution in [3.8, 4) is 11.5 Å². The fourth-order valence-corrected chi connectivity index (χ4v) is 2.93. The van der Waals surface area contributed by atoms with Crippen LogP contribution in [0, 0.1) is 0 Å². The molecule has 0 aliphatic rings. The zero-order valence-electron chi connectivity index (χ0n) is 19.1. The second-order valence-electron chi connectivity index (χ2n) is 7.61. The maximum absolute atomic E-state index is 12.0. The molecule has 0 fully saturated rings. The summed E-state index contributed by atoms with van der Waals surface area (Å²) in [5.74, 6) is 0.925. The lowest BCUT2D eigenvalue weighted by molar-refractivity contribution is -0.123. The van der Waals surface area contributed by atoms with Crippen molar-refractivity contribution >= 4 is 11.8 Å². The molecule has 0 saturated carbocycles. The van der Waals surface area contributed by atoms with Crippen molar-refractivity contribution in [1.82, 2.24) is 10.6 Å². The van der Waals surface area contributed by atoms with Gasteiger partial charge in [-0.05, 0) is 43.4 Å². The second-order valence-corrected chi connectivity index (χ2v) is 7.61. The molecule has 0 heterocycles. The largest absolute Gasteiger partial charge is 0.484 e. The number of amides is 2. The van der Waals surface area contributed by atoms with Crippen molar-refractivity contribution in [1.29, 1.82) is 0 Å². The first-order valence-electron chi connectivity index (χ1n) is 11.5. The molecule has 1 aromatic carbocycles. The topological polar surface area (TPSA) is 76.7 Å². The minimum absolute atomic E-state index is 0.0271. The highest BCUT2D eigenvalue weighted by atomic mass is 16.5. The van der Waals surface area contributed by atoms with E-state index in [2.05, 4.69) is 31.4 Å². The third kappa shape index (κ3) is 12.3. The van der Waals surface area contributed by atoms with Gasteiger partial charge in [-0.3, -0.25) is 9.59 Å². The monoisotopic (exact) mass is 420 g/mol. The Labute approximate surface area is 182 Å². The van der Waals surface area contributed by atoms with Crippen molar-refractivity contribution in [3.05, 3.63) is 23.8 Å². The van der Waals surface area contributed by atoms with Crippen LogP contribution in [-0.2, 0) is 16.0 Å². The molecule has 170 valence electrons. The van der Waals surface area contributed by atoms with E-state index in [9.17, 15) is 9.59 Å². The van der Waals surface area contributed by atoms with E-state index in [-0.39, 0.29) is 25.0 Å². The number of unbranched alkanes of at least 4 members (excludes halogenated alkanes) is 5. The van der Waals surface area contributed by atoms with Gasteiger partial charge in [-0.2, -0.15) is 0 Å². The summed E-state index contributed by atoms with van der Waals surface area (Å²) in [7, 11) is 0. The predicted octanol–water partition coefficient (Wildman–Crippen LogP) is 4.40. The number of nitrogens with one attached hydrogen (secondary N) is 2. The van der Waals surface area contributed by atoms with Gasteiger partial charge in [-0.15, -0.1) is 0 Å². The number of carbonyl (C=O) groups excluding carboxylic acids is 2. The number of ether oxygens (including phenoxy) is 2. The normalized spacial score (nSPS) is 10.5. The van der Waals surface area contributed by atoms with E-state index in [0.29, 0.717) is 24.6 Å². The van der Waals surface area contributed by atoms with Gasteiger partial charge in [0, 0.05) is 19.2 Å². The van der Waals surface area contributed by atoms with Crippen molar-refractivity contribution in [2.75, 3.05) is 26.3 Å². The Kier molecular flexibility index (Phi) is 14.2. The Balaban J connectivity index is 2.57. The Morgan fingerprint density at radius 2 is 1.17 bits per heavy atom. The van der Waals surface area contributed by atoms with Gasteiger partial charge in [-0.1, -0.05) is 52.9 Å². The van der Waals surface area contributed by atoms with E-state index in [1.54, 1.807) is 6.07 Å². The zero-order valence-corrected chi connectivity index (χ0v) is 19.1. The zero-order chi connectivity index (χ0) is 22.0. The first-order chi connectivity index (χ1) is 14.6. The summed E-state index contributed by atoms with van der Waals surface area (Å²) in [6.07, 6.45) is 9.45. The first kappa shape index (κ1) is 25.8. The summed E-state index contributed by atoms with van der Waals surface area (Å²) in [5.41, 5.74) is 1.08. The molecule has 2 amide bonds. The number of carbonyl (C=O) groups is 2. The van der Waals surface area contributed by atoms with Crippen LogP contribution in [0.1, 0.15) is 77.7 Å². The van der Waals surface area contributed by atoms with Crippen molar-refractivity contribution in [2.24, 2.45) is 0 Å². The van der Waals surface area contributed by atoms with Crippen molar-refractivity contribution in [3.63, 3.8) is 0 Å². The molecule has 6 heteroatoms. The summed E-state index contributed by atoms with van der Waals surface area (Å²) >= 11 is 0. The van der Waals surface area contributed by atoms with Crippen LogP contribution in [0.3, 0.4) is 0 Å². The predicted molar refractivity (Wildman–Crippen MR) is 121 cm³/mol. The molecule has 1 aromatic rings. The second kappa shape index (κ2) is 16.5. The minimum Gasteiger partial charge on any atom is -0.484 e. The molecule has 0 aromatic heterocycles. The average Bonchev–Trinajstić information content (AvgIpc) is 2.75. The van der Waals surface area contributed by atoms with E-state index >= 15 is 0 Å². The van der Waals surface area contributed by atoms with Crippen LogP contribution in [0.25, 0.3) is 0 Å². The Morgan fingerprint density at radius 1 is 0.700 bits per heavy atom. The number of hydrogen-bond donors (Lipinski definition) is 2. The smallest absolute Gasteiger partial charge is 0.257 e. The third-order valence-corrected chi connectivity index (χ3v) is 4.70. The van der Waals surface area contributed by atoms with Crippen LogP contribution in [0.5, 0.6) is 11.5 Å². The Hall–Kier alpha value is -2.24. The third-order valence-electron chi connectivity index (χ3n) is 4.70. The molecular weight excluding hydrogens is 380 g/mol. The molecule has 0 bridgehead atoms. The average molecular weight is 421 g/mol. The number of hydrogen-bond acceptors (Lipinski definition) is 4. The maximum Gasteiger partial charge on any atom is 0.257 e. The molecule has 0 unspecified atom stereocenters. The highest BCUT2D eigenvalue weighted by Gasteiger charge is 2.08. The van der Waals surface area contributed by atoms with Gasteiger partial charge in [0.1, 0.15) is 11.5 Å². The minimum atomic E-state index is -0.126. The SMILES string of the molecule is CCCCCNC(=O)COc1cc(CCCC)cc(OCC(=O)NCCCCC)c1. The molecule has 0 aliphatic heterocycles. The molecule has 30 heavy (non-hydrogen) atoms. The van der Waals surface area contributed by atoms with E-state index in [4.69, 9.17) is 9.47 Å². The van der Waals surface area contributed by atoms with Gasteiger partial charge < -0.3 is 20.1 Å². The first-order valence-corrected chi connectivity index (χ1v) is 11.5. The van der Waals surface area contributed by atoms with Gasteiger partial charge in [-0.25, -0.2) is 0 Å². The fraction of sp³-hybridized carbons (Fsp3) is 0.667. The van der Waals surface area contributed by atoms with Crippen LogP contribution < -0.4 is 20.1 Å². The van der Waals surface area contributed by atoms with E-state index in [0.717, 1.165) is 63.4 Å². The lowest BCUT2D eigenvalue weighted by atomic mass is 10.1. The van der Waals surface area contributed by atoms with Crippen molar-refractivity contribution in [2.45, 2.75) is 78.6 Å². The Morgan fingerprint density at radius 3 is 1.60 bits per heavy atom. The van der Waals surface area contributed by atoms with Gasteiger partial charge in [0.2, 0.25) is 0 Å². The molecule has 0 saturated heterocycles. The van der Waals surface area contributed by atoms with Gasteiger partial charge in [0.25, 0.3) is 11.8 Å². The number of rotatable bonds is 17. The molecule has 0 aliphatic carbocycles. The highest BCUT2D eigenvalue weighted by molar-refractivity contribution is 5.78. The molecular formula is C24H40N2O4. The van der Waals surface area contributed by atoms with Gasteiger partial charge >= 0.3 is 0 Å². The quantitative estimate of drug-likeness (QED) is 0.366. The molecule has 0 spiro atoms. The number of aryl methyl sites for hydroxylation is 1. The molecule has 6 nitrogen and oxygen atoms in total. The van der Waals surface area contributed by atoms with Gasteiger partial charge in [0.15, 0.2) is 13.2 Å². The van der Waals surface area contributed by atoms with Crippen LogP contribution in [0.4, 0.5) is 0 Å². The molecule has 0 radical (unpaired) electrons. The van der Waals surface area contributed by atoms with E-state index in [1.807, 2.05) is 12.1 Å². The highest BCUT2D eigenvalue weighted by Crippen LogP contribution is 2.24.